The van der Waals surface area contributed by atoms with Crippen LogP contribution in [0, 0.1) is 5.92 Å². The van der Waals surface area contributed by atoms with Crippen LogP contribution in [-0.2, 0) is 6.42 Å². The van der Waals surface area contributed by atoms with Crippen LogP contribution in [0.15, 0.2) is 54.6 Å². The molecule has 0 radical (unpaired) electrons. The third kappa shape index (κ3) is 2.29. The fraction of sp³-hybridized carbons (Fsp3) is 0.333. The second-order valence-corrected chi connectivity index (χ2v) is 7.06. The largest absolute Gasteiger partial charge is 0.357 e. The lowest BCUT2D eigenvalue weighted by molar-refractivity contribution is 0.202. The van der Waals surface area contributed by atoms with Crippen LogP contribution in [0.5, 0.6) is 0 Å². The van der Waals surface area contributed by atoms with E-state index in [0.717, 1.165) is 12.3 Å². The SMILES string of the molecule is c1ccc(C2c3[nH]c4ccccc4c3CCN2CC2CC2)cc1. The van der Waals surface area contributed by atoms with Crippen LogP contribution >= 0.6 is 0 Å². The first-order valence-corrected chi connectivity index (χ1v) is 8.78. The van der Waals surface area contributed by atoms with Crippen molar-refractivity contribution in [2.45, 2.75) is 25.3 Å². The number of nitrogens with one attached hydrogen (secondary N) is 1. The van der Waals surface area contributed by atoms with Gasteiger partial charge in [0.2, 0.25) is 0 Å². The Kier molecular flexibility index (Phi) is 3.05. The molecule has 1 aliphatic carbocycles. The lowest BCUT2D eigenvalue weighted by Gasteiger charge is -2.36. The van der Waals surface area contributed by atoms with Gasteiger partial charge in [-0.05, 0) is 42.4 Å². The van der Waals surface area contributed by atoms with Crippen molar-refractivity contribution in [3.05, 3.63) is 71.4 Å². The highest BCUT2D eigenvalue weighted by Gasteiger charge is 2.34. The first kappa shape index (κ1) is 13.4. The zero-order valence-corrected chi connectivity index (χ0v) is 13.3. The highest BCUT2D eigenvalue weighted by molar-refractivity contribution is 5.85. The quantitative estimate of drug-likeness (QED) is 0.753. The number of hydrogen-bond donors (Lipinski definition) is 1. The minimum atomic E-state index is 0.382. The average molecular weight is 302 g/mol. The fourth-order valence-corrected chi connectivity index (χ4v) is 4.13. The molecule has 2 nitrogen and oxygen atoms in total. The lowest BCUT2D eigenvalue weighted by Crippen LogP contribution is -2.37. The molecule has 1 saturated carbocycles. The van der Waals surface area contributed by atoms with E-state index in [1.165, 1.54) is 53.7 Å². The summed E-state index contributed by atoms with van der Waals surface area (Å²) in [7, 11) is 0. The number of rotatable bonds is 3. The molecule has 0 spiro atoms. The molecule has 1 aliphatic heterocycles. The maximum atomic E-state index is 3.75. The number of fused-ring (bicyclic) bond motifs is 3. The smallest absolute Gasteiger partial charge is 0.0757 e. The van der Waals surface area contributed by atoms with Gasteiger partial charge in [-0.3, -0.25) is 4.90 Å². The number of nitrogens with zero attached hydrogens (tertiary/aromatic N) is 1. The van der Waals surface area contributed by atoms with E-state index in [2.05, 4.69) is 64.5 Å². The minimum Gasteiger partial charge on any atom is -0.357 e. The molecule has 3 aromatic rings. The fourth-order valence-electron chi connectivity index (χ4n) is 4.13. The normalized spacial score (nSPS) is 21.5. The Balaban J connectivity index is 1.65. The van der Waals surface area contributed by atoms with Gasteiger partial charge in [0.25, 0.3) is 0 Å². The van der Waals surface area contributed by atoms with E-state index in [4.69, 9.17) is 0 Å². The van der Waals surface area contributed by atoms with Crippen LogP contribution in [0.2, 0.25) is 0 Å². The third-order valence-electron chi connectivity index (χ3n) is 5.44. The molecular formula is C21H22N2. The van der Waals surface area contributed by atoms with Gasteiger partial charge >= 0.3 is 0 Å². The Hall–Kier alpha value is -2.06. The van der Waals surface area contributed by atoms with E-state index in [1.807, 2.05) is 0 Å². The molecule has 0 bridgehead atoms. The number of aromatic nitrogens is 1. The van der Waals surface area contributed by atoms with Gasteiger partial charge < -0.3 is 4.98 Å². The van der Waals surface area contributed by atoms with E-state index >= 15 is 0 Å². The first-order chi connectivity index (χ1) is 11.4. The molecule has 1 atom stereocenters. The summed E-state index contributed by atoms with van der Waals surface area (Å²) in [6.07, 6.45) is 3.99. The maximum absolute atomic E-state index is 3.75. The molecule has 1 fully saturated rings. The number of para-hydroxylation sites is 1. The Bertz CT molecular complexity index is 829. The van der Waals surface area contributed by atoms with Gasteiger partial charge in [-0.15, -0.1) is 0 Å². The van der Waals surface area contributed by atoms with Crippen molar-refractivity contribution in [1.82, 2.24) is 9.88 Å². The molecule has 2 heterocycles. The summed E-state index contributed by atoms with van der Waals surface area (Å²) in [6, 6.07) is 20.2. The third-order valence-corrected chi connectivity index (χ3v) is 5.44. The monoisotopic (exact) mass is 302 g/mol. The number of H-pyrrole nitrogens is 1. The van der Waals surface area contributed by atoms with E-state index < -0.39 is 0 Å². The summed E-state index contributed by atoms with van der Waals surface area (Å²) in [5.41, 5.74) is 5.65. The molecule has 1 unspecified atom stereocenters. The van der Waals surface area contributed by atoms with Crippen molar-refractivity contribution in [2.24, 2.45) is 5.92 Å². The average Bonchev–Trinajstić information content (AvgIpc) is 3.33. The molecule has 2 aromatic carbocycles. The lowest BCUT2D eigenvalue weighted by atomic mass is 9.92. The molecule has 2 heteroatoms. The molecule has 0 amide bonds. The van der Waals surface area contributed by atoms with Crippen LogP contribution in [0.3, 0.4) is 0 Å². The number of aromatic amines is 1. The molecule has 2 aliphatic rings. The van der Waals surface area contributed by atoms with Crippen molar-refractivity contribution < 1.29 is 0 Å². The summed E-state index contributed by atoms with van der Waals surface area (Å²) >= 11 is 0. The highest BCUT2D eigenvalue weighted by atomic mass is 15.2. The zero-order valence-electron chi connectivity index (χ0n) is 13.3. The van der Waals surface area contributed by atoms with E-state index in [1.54, 1.807) is 0 Å². The van der Waals surface area contributed by atoms with E-state index in [9.17, 15) is 0 Å². The summed E-state index contributed by atoms with van der Waals surface area (Å²) in [5, 5.41) is 1.41. The standard InChI is InChI=1S/C21H22N2/c1-2-6-16(7-3-1)21-20-18(12-13-23(21)14-15-10-11-15)17-8-4-5-9-19(17)22-20/h1-9,15,21-22H,10-14H2. The second kappa shape index (κ2) is 5.24. The predicted molar refractivity (Wildman–Crippen MR) is 94.6 cm³/mol. The van der Waals surface area contributed by atoms with Crippen LogP contribution in [0.25, 0.3) is 10.9 Å². The predicted octanol–water partition coefficient (Wildman–Crippen LogP) is 4.53. The van der Waals surface area contributed by atoms with Crippen LogP contribution in [0.1, 0.15) is 35.7 Å². The van der Waals surface area contributed by atoms with Crippen LogP contribution < -0.4 is 0 Å². The molecule has 1 N–H and O–H groups in total. The van der Waals surface area contributed by atoms with Crippen molar-refractivity contribution in [1.29, 1.82) is 0 Å². The van der Waals surface area contributed by atoms with Gasteiger partial charge in [0, 0.05) is 29.7 Å². The van der Waals surface area contributed by atoms with Crippen LogP contribution in [0.4, 0.5) is 0 Å². The second-order valence-electron chi connectivity index (χ2n) is 7.06. The molecular weight excluding hydrogens is 280 g/mol. The van der Waals surface area contributed by atoms with Crippen LogP contribution in [-0.4, -0.2) is 23.0 Å². The van der Waals surface area contributed by atoms with Crippen molar-refractivity contribution >= 4 is 10.9 Å². The van der Waals surface area contributed by atoms with Crippen molar-refractivity contribution in [2.75, 3.05) is 13.1 Å². The van der Waals surface area contributed by atoms with Crippen molar-refractivity contribution in [3.63, 3.8) is 0 Å². The topological polar surface area (TPSA) is 19.0 Å². The Morgan fingerprint density at radius 3 is 2.57 bits per heavy atom. The molecule has 116 valence electrons. The van der Waals surface area contributed by atoms with Crippen molar-refractivity contribution in [3.8, 4) is 0 Å². The maximum Gasteiger partial charge on any atom is 0.0757 e. The number of hydrogen-bond acceptors (Lipinski definition) is 1. The Labute approximate surface area is 137 Å². The summed E-state index contributed by atoms with van der Waals surface area (Å²) in [5.74, 6) is 0.923. The minimum absolute atomic E-state index is 0.382. The highest BCUT2D eigenvalue weighted by Crippen LogP contribution is 2.40. The van der Waals surface area contributed by atoms with E-state index in [-0.39, 0.29) is 0 Å². The Morgan fingerprint density at radius 1 is 0.957 bits per heavy atom. The molecule has 5 rings (SSSR count). The summed E-state index contributed by atoms with van der Waals surface area (Å²) in [6.45, 7) is 2.42. The first-order valence-electron chi connectivity index (χ1n) is 8.78. The van der Waals surface area contributed by atoms with Gasteiger partial charge in [-0.2, -0.15) is 0 Å². The van der Waals surface area contributed by atoms with Gasteiger partial charge in [0.1, 0.15) is 0 Å². The molecule has 23 heavy (non-hydrogen) atoms. The molecule has 1 aromatic heterocycles. The number of benzene rings is 2. The van der Waals surface area contributed by atoms with Gasteiger partial charge in [0.15, 0.2) is 0 Å². The van der Waals surface area contributed by atoms with E-state index in [0.29, 0.717) is 6.04 Å². The zero-order chi connectivity index (χ0) is 15.2. The van der Waals surface area contributed by atoms with Gasteiger partial charge in [0.05, 0.1) is 6.04 Å². The van der Waals surface area contributed by atoms with Gasteiger partial charge in [-0.25, -0.2) is 0 Å². The summed E-state index contributed by atoms with van der Waals surface area (Å²) in [4.78, 5) is 6.45. The molecule has 0 saturated heterocycles. The Morgan fingerprint density at radius 2 is 1.74 bits per heavy atom. The summed E-state index contributed by atoms with van der Waals surface area (Å²) < 4.78 is 0. The van der Waals surface area contributed by atoms with Gasteiger partial charge in [-0.1, -0.05) is 48.5 Å².